The highest BCUT2D eigenvalue weighted by molar-refractivity contribution is 9.10. The molecular weight excluding hydrogens is 324 g/mol. The summed E-state index contributed by atoms with van der Waals surface area (Å²) in [5.41, 5.74) is 9.05. The molecule has 0 bridgehead atoms. The Morgan fingerprint density at radius 3 is 2.37 bits per heavy atom. The van der Waals surface area contributed by atoms with Crippen molar-refractivity contribution in [2.75, 3.05) is 17.7 Å². The average molecular weight is 340 g/mol. The maximum Gasteiger partial charge on any atom is 0.0603 e. The number of nitrogens with zero attached hydrogens (tertiary/aromatic N) is 1. The quantitative estimate of drug-likeness (QED) is 0.807. The Labute approximate surface area is 127 Å². The van der Waals surface area contributed by atoms with Crippen LogP contribution in [0.25, 0.3) is 0 Å². The van der Waals surface area contributed by atoms with Crippen molar-refractivity contribution in [2.45, 2.75) is 13.0 Å². The van der Waals surface area contributed by atoms with Crippen molar-refractivity contribution in [1.82, 2.24) is 0 Å². The Morgan fingerprint density at radius 2 is 1.79 bits per heavy atom. The monoisotopic (exact) mass is 338 g/mol. The molecule has 2 aromatic rings. The molecule has 2 aromatic carbocycles. The lowest BCUT2D eigenvalue weighted by Crippen LogP contribution is -2.22. The molecule has 0 heterocycles. The number of anilines is 2. The van der Waals surface area contributed by atoms with Gasteiger partial charge < -0.3 is 10.6 Å². The third kappa shape index (κ3) is 3.23. The summed E-state index contributed by atoms with van der Waals surface area (Å²) in [6.07, 6.45) is 0. The van der Waals surface area contributed by atoms with Crippen molar-refractivity contribution in [1.29, 1.82) is 0 Å². The summed E-state index contributed by atoms with van der Waals surface area (Å²) in [5.74, 6) is 0. The van der Waals surface area contributed by atoms with Gasteiger partial charge in [0.05, 0.1) is 17.4 Å². The van der Waals surface area contributed by atoms with Gasteiger partial charge in [-0.15, -0.1) is 0 Å². The second-order valence-corrected chi connectivity index (χ2v) is 5.89. The molecule has 0 aliphatic heterocycles. The van der Waals surface area contributed by atoms with Crippen LogP contribution in [0.3, 0.4) is 0 Å². The number of benzene rings is 2. The lowest BCUT2D eigenvalue weighted by Gasteiger charge is -2.28. The highest BCUT2D eigenvalue weighted by atomic mass is 79.9. The standard InChI is InChI=1S/C15H16BrClN2/c1-10(11-3-6-13(17)7-4-11)19(2)15-8-5-12(16)9-14(15)18/h3-10H,18H2,1-2H3. The van der Waals surface area contributed by atoms with Gasteiger partial charge in [-0.3, -0.25) is 0 Å². The SMILES string of the molecule is CC(c1ccc(Cl)cc1)N(C)c1ccc(Br)cc1N. The van der Waals surface area contributed by atoms with Crippen LogP contribution in [0.2, 0.25) is 5.02 Å². The van der Waals surface area contributed by atoms with Gasteiger partial charge in [-0.1, -0.05) is 39.7 Å². The molecule has 100 valence electrons. The van der Waals surface area contributed by atoms with E-state index in [1.165, 1.54) is 5.56 Å². The van der Waals surface area contributed by atoms with Gasteiger partial charge in [0.15, 0.2) is 0 Å². The lowest BCUT2D eigenvalue weighted by atomic mass is 10.1. The van der Waals surface area contributed by atoms with Crippen LogP contribution in [-0.2, 0) is 0 Å². The van der Waals surface area contributed by atoms with Gasteiger partial charge in [-0.2, -0.15) is 0 Å². The number of rotatable bonds is 3. The van der Waals surface area contributed by atoms with Crippen molar-refractivity contribution >= 4 is 38.9 Å². The van der Waals surface area contributed by atoms with E-state index >= 15 is 0 Å². The van der Waals surface area contributed by atoms with E-state index in [1.54, 1.807) is 0 Å². The van der Waals surface area contributed by atoms with Crippen LogP contribution >= 0.6 is 27.5 Å². The molecule has 0 aliphatic carbocycles. The molecule has 0 saturated heterocycles. The summed E-state index contributed by atoms with van der Waals surface area (Å²) >= 11 is 9.34. The third-order valence-corrected chi connectivity index (χ3v) is 4.05. The molecule has 0 radical (unpaired) electrons. The summed E-state index contributed by atoms with van der Waals surface area (Å²) in [5, 5.41) is 0.752. The fourth-order valence-electron chi connectivity index (χ4n) is 2.02. The molecule has 1 atom stereocenters. The highest BCUT2D eigenvalue weighted by Gasteiger charge is 2.14. The number of halogens is 2. The zero-order valence-electron chi connectivity index (χ0n) is 10.9. The minimum Gasteiger partial charge on any atom is -0.397 e. The van der Waals surface area contributed by atoms with Crippen molar-refractivity contribution in [3.05, 3.63) is 57.5 Å². The van der Waals surface area contributed by atoms with E-state index in [2.05, 4.69) is 27.8 Å². The van der Waals surface area contributed by atoms with Crippen LogP contribution in [-0.4, -0.2) is 7.05 Å². The van der Waals surface area contributed by atoms with E-state index in [-0.39, 0.29) is 6.04 Å². The Hall–Kier alpha value is -1.19. The highest BCUT2D eigenvalue weighted by Crippen LogP contribution is 2.31. The summed E-state index contributed by atoms with van der Waals surface area (Å²) in [4.78, 5) is 2.16. The van der Waals surface area contributed by atoms with E-state index in [4.69, 9.17) is 17.3 Å². The van der Waals surface area contributed by atoms with Crippen LogP contribution in [0.1, 0.15) is 18.5 Å². The molecule has 0 amide bonds. The van der Waals surface area contributed by atoms with E-state index < -0.39 is 0 Å². The van der Waals surface area contributed by atoms with Crippen molar-refractivity contribution in [2.24, 2.45) is 0 Å². The number of nitrogens with two attached hydrogens (primary N) is 1. The third-order valence-electron chi connectivity index (χ3n) is 3.30. The van der Waals surface area contributed by atoms with Crippen LogP contribution in [0.15, 0.2) is 46.9 Å². The Balaban J connectivity index is 2.27. The Bertz CT molecular complexity index is 569. The fourth-order valence-corrected chi connectivity index (χ4v) is 2.52. The minimum atomic E-state index is 0.223. The predicted octanol–water partition coefficient (Wildman–Crippen LogP) is 4.88. The van der Waals surface area contributed by atoms with Gasteiger partial charge in [0.25, 0.3) is 0 Å². The molecule has 19 heavy (non-hydrogen) atoms. The number of nitrogen functional groups attached to an aromatic ring is 1. The summed E-state index contributed by atoms with van der Waals surface area (Å²) in [6.45, 7) is 2.14. The molecule has 1 unspecified atom stereocenters. The van der Waals surface area contributed by atoms with Gasteiger partial charge >= 0.3 is 0 Å². The number of hydrogen-bond donors (Lipinski definition) is 1. The van der Waals surface area contributed by atoms with Crippen LogP contribution in [0.4, 0.5) is 11.4 Å². The molecule has 0 saturated carbocycles. The molecule has 0 aromatic heterocycles. The Morgan fingerprint density at radius 1 is 1.16 bits per heavy atom. The first-order valence-electron chi connectivity index (χ1n) is 6.02. The first-order valence-corrected chi connectivity index (χ1v) is 7.19. The largest absolute Gasteiger partial charge is 0.397 e. The van der Waals surface area contributed by atoms with Gasteiger partial charge in [-0.05, 0) is 42.8 Å². The summed E-state index contributed by atoms with van der Waals surface area (Å²) in [7, 11) is 2.04. The zero-order valence-corrected chi connectivity index (χ0v) is 13.2. The minimum absolute atomic E-state index is 0.223. The predicted molar refractivity (Wildman–Crippen MR) is 86.8 cm³/mol. The maximum absolute atomic E-state index is 6.07. The van der Waals surface area contributed by atoms with E-state index in [1.807, 2.05) is 49.5 Å². The van der Waals surface area contributed by atoms with Gasteiger partial charge in [0.2, 0.25) is 0 Å². The smallest absolute Gasteiger partial charge is 0.0603 e. The fraction of sp³-hybridized carbons (Fsp3) is 0.200. The van der Waals surface area contributed by atoms with Gasteiger partial charge in [0.1, 0.15) is 0 Å². The van der Waals surface area contributed by atoms with Crippen LogP contribution < -0.4 is 10.6 Å². The normalized spacial score (nSPS) is 12.2. The molecular formula is C15H16BrClN2. The van der Waals surface area contributed by atoms with Gasteiger partial charge in [0, 0.05) is 16.5 Å². The molecule has 4 heteroatoms. The van der Waals surface area contributed by atoms with Crippen LogP contribution in [0.5, 0.6) is 0 Å². The second kappa shape index (κ2) is 5.85. The molecule has 0 aliphatic rings. The van der Waals surface area contributed by atoms with Crippen molar-refractivity contribution in [3.8, 4) is 0 Å². The van der Waals surface area contributed by atoms with Crippen molar-refractivity contribution < 1.29 is 0 Å². The zero-order chi connectivity index (χ0) is 14.0. The van der Waals surface area contributed by atoms with E-state index in [0.29, 0.717) is 0 Å². The second-order valence-electron chi connectivity index (χ2n) is 4.54. The molecule has 0 fully saturated rings. The first kappa shape index (κ1) is 14.2. The maximum atomic E-state index is 6.07. The first-order chi connectivity index (χ1) is 8.99. The van der Waals surface area contributed by atoms with Crippen LogP contribution in [0, 0.1) is 0 Å². The molecule has 0 spiro atoms. The lowest BCUT2D eigenvalue weighted by molar-refractivity contribution is 0.741. The summed E-state index contributed by atoms with van der Waals surface area (Å²) < 4.78 is 0.987. The van der Waals surface area contributed by atoms with Crippen molar-refractivity contribution in [3.63, 3.8) is 0 Å². The number of hydrogen-bond acceptors (Lipinski definition) is 2. The van der Waals surface area contributed by atoms with E-state index in [0.717, 1.165) is 20.9 Å². The molecule has 2 N–H and O–H groups in total. The van der Waals surface area contributed by atoms with Gasteiger partial charge in [-0.25, -0.2) is 0 Å². The van der Waals surface area contributed by atoms with E-state index in [9.17, 15) is 0 Å². The molecule has 2 nitrogen and oxygen atoms in total. The Kier molecular flexibility index (Phi) is 4.38. The molecule has 2 rings (SSSR count). The average Bonchev–Trinajstić information content (AvgIpc) is 2.38. The summed E-state index contributed by atoms with van der Waals surface area (Å²) in [6, 6.07) is 14.1. The topological polar surface area (TPSA) is 29.3 Å².